The third kappa shape index (κ3) is 6.58. The molecule has 0 spiro atoms. The molecule has 0 unspecified atom stereocenters. The topological polar surface area (TPSA) is 49.3 Å². The Kier molecular flexibility index (Phi) is 8.64. The van der Waals surface area contributed by atoms with Crippen LogP contribution in [0.25, 0.3) is 0 Å². The summed E-state index contributed by atoms with van der Waals surface area (Å²) in [4.78, 5) is 12.2. The van der Waals surface area contributed by atoms with Crippen molar-refractivity contribution in [3.63, 3.8) is 0 Å². The van der Waals surface area contributed by atoms with Gasteiger partial charge in [0.15, 0.2) is 0 Å². The van der Waals surface area contributed by atoms with E-state index in [1.54, 1.807) is 30.0 Å². The van der Waals surface area contributed by atoms with Gasteiger partial charge in [0.25, 0.3) is 11.7 Å². The number of carbonyl (C=O) groups is 1. The highest BCUT2D eigenvalue weighted by Crippen LogP contribution is 2.28. The number of halogens is 2. The summed E-state index contributed by atoms with van der Waals surface area (Å²) in [7, 11) is 0. The summed E-state index contributed by atoms with van der Waals surface area (Å²) in [5.41, 5.74) is 0.276. The molecular formula is C13H17F2NO2S2. The Morgan fingerprint density at radius 1 is 1.30 bits per heavy atom. The summed E-state index contributed by atoms with van der Waals surface area (Å²) in [5.74, 6) is -1.31. The van der Waals surface area contributed by atoms with Crippen LogP contribution in [0.2, 0.25) is 0 Å². The highest BCUT2D eigenvalue weighted by Gasteiger charge is 2.14. The maximum absolute atomic E-state index is 12.4. The highest BCUT2D eigenvalue weighted by molar-refractivity contribution is 7.99. The van der Waals surface area contributed by atoms with Crippen LogP contribution in [0.1, 0.15) is 16.8 Å². The standard InChI is InChI=1S/C13H17F2NO2S2/c14-13(15)20-11-5-2-1-4-10(11)12(18)16-6-9-19-8-3-7-17/h1-2,4-5,13,17H,3,6-9H2,(H,16,18). The first-order chi connectivity index (χ1) is 9.65. The minimum atomic E-state index is -2.54. The molecule has 112 valence electrons. The van der Waals surface area contributed by atoms with Crippen molar-refractivity contribution in [3.05, 3.63) is 29.8 Å². The first-order valence-electron chi connectivity index (χ1n) is 6.15. The van der Waals surface area contributed by atoms with Crippen molar-refractivity contribution in [1.29, 1.82) is 0 Å². The van der Waals surface area contributed by atoms with Crippen LogP contribution in [0.3, 0.4) is 0 Å². The molecular weight excluding hydrogens is 304 g/mol. The molecule has 20 heavy (non-hydrogen) atoms. The zero-order valence-electron chi connectivity index (χ0n) is 10.9. The van der Waals surface area contributed by atoms with Gasteiger partial charge in [-0.25, -0.2) is 0 Å². The van der Waals surface area contributed by atoms with Gasteiger partial charge < -0.3 is 10.4 Å². The first-order valence-corrected chi connectivity index (χ1v) is 8.19. The largest absolute Gasteiger partial charge is 0.396 e. The second kappa shape index (κ2) is 10.0. The summed E-state index contributed by atoms with van der Waals surface area (Å²) >= 11 is 2.01. The predicted molar refractivity (Wildman–Crippen MR) is 79.7 cm³/mol. The molecule has 0 saturated carbocycles. The van der Waals surface area contributed by atoms with Gasteiger partial charge in [-0.15, -0.1) is 0 Å². The number of amides is 1. The van der Waals surface area contributed by atoms with Crippen LogP contribution in [-0.2, 0) is 0 Å². The fraction of sp³-hybridized carbons (Fsp3) is 0.462. The van der Waals surface area contributed by atoms with Crippen LogP contribution in [0.15, 0.2) is 29.2 Å². The Labute approximate surface area is 125 Å². The molecule has 0 aliphatic carbocycles. The average molecular weight is 321 g/mol. The SMILES string of the molecule is O=C(NCCSCCCO)c1ccccc1SC(F)F. The second-order valence-corrected chi connectivity index (χ2v) is 6.08. The lowest BCUT2D eigenvalue weighted by molar-refractivity contribution is 0.0953. The Morgan fingerprint density at radius 3 is 2.75 bits per heavy atom. The molecule has 1 rings (SSSR count). The predicted octanol–water partition coefficient (Wildman–Crippen LogP) is 2.85. The summed E-state index contributed by atoms with van der Waals surface area (Å²) in [6.45, 7) is 0.639. The van der Waals surface area contributed by atoms with E-state index in [2.05, 4.69) is 5.32 Å². The highest BCUT2D eigenvalue weighted by atomic mass is 32.2. The molecule has 7 heteroatoms. The van der Waals surface area contributed by atoms with Gasteiger partial charge in [-0.1, -0.05) is 23.9 Å². The smallest absolute Gasteiger partial charge is 0.288 e. The minimum Gasteiger partial charge on any atom is -0.396 e. The molecule has 3 nitrogen and oxygen atoms in total. The Morgan fingerprint density at radius 2 is 2.05 bits per heavy atom. The van der Waals surface area contributed by atoms with Crippen molar-refractivity contribution >= 4 is 29.4 Å². The van der Waals surface area contributed by atoms with Crippen LogP contribution in [0, 0.1) is 0 Å². The normalized spacial score (nSPS) is 10.8. The maximum Gasteiger partial charge on any atom is 0.288 e. The van der Waals surface area contributed by atoms with Crippen molar-refractivity contribution in [2.75, 3.05) is 24.7 Å². The minimum absolute atomic E-state index is 0.164. The third-order valence-corrected chi connectivity index (χ3v) is 4.18. The fourth-order valence-corrected chi connectivity index (χ4v) is 2.87. The lowest BCUT2D eigenvalue weighted by Crippen LogP contribution is -2.26. The molecule has 0 aliphatic heterocycles. The number of aliphatic hydroxyl groups excluding tert-OH is 1. The van der Waals surface area contributed by atoms with Crippen LogP contribution < -0.4 is 5.32 Å². The Hall–Kier alpha value is -0.790. The van der Waals surface area contributed by atoms with Crippen molar-refractivity contribution in [2.24, 2.45) is 0 Å². The van der Waals surface area contributed by atoms with E-state index in [4.69, 9.17) is 5.11 Å². The molecule has 1 aromatic rings. The van der Waals surface area contributed by atoms with Crippen LogP contribution in [0.5, 0.6) is 0 Å². The molecule has 1 amide bonds. The number of carbonyl (C=O) groups excluding carboxylic acids is 1. The Balaban J connectivity index is 2.43. The lowest BCUT2D eigenvalue weighted by Gasteiger charge is -2.09. The Bertz CT molecular complexity index is 419. The summed E-state index contributed by atoms with van der Waals surface area (Å²) in [6.07, 6.45) is 0.729. The van der Waals surface area contributed by atoms with Crippen molar-refractivity contribution in [1.82, 2.24) is 5.32 Å². The van der Waals surface area contributed by atoms with E-state index in [-0.39, 0.29) is 23.0 Å². The van der Waals surface area contributed by atoms with Crippen molar-refractivity contribution in [2.45, 2.75) is 17.1 Å². The molecule has 0 aromatic heterocycles. The van der Waals surface area contributed by atoms with Crippen LogP contribution >= 0.6 is 23.5 Å². The van der Waals surface area contributed by atoms with Gasteiger partial charge in [0.1, 0.15) is 0 Å². The van der Waals surface area contributed by atoms with Gasteiger partial charge in [-0.2, -0.15) is 20.5 Å². The lowest BCUT2D eigenvalue weighted by atomic mass is 10.2. The average Bonchev–Trinajstić information content (AvgIpc) is 2.42. The number of aliphatic hydroxyl groups is 1. The number of nitrogens with one attached hydrogen (secondary N) is 1. The van der Waals surface area contributed by atoms with Gasteiger partial charge in [-0.3, -0.25) is 4.79 Å². The number of benzene rings is 1. The zero-order valence-corrected chi connectivity index (χ0v) is 12.5. The first kappa shape index (κ1) is 17.3. The van der Waals surface area contributed by atoms with E-state index in [9.17, 15) is 13.6 Å². The maximum atomic E-state index is 12.4. The number of alkyl halides is 2. The summed E-state index contributed by atoms with van der Waals surface area (Å²) in [6, 6.07) is 6.34. The molecule has 0 atom stereocenters. The summed E-state index contributed by atoms with van der Waals surface area (Å²) < 4.78 is 24.8. The fourth-order valence-electron chi connectivity index (χ4n) is 1.45. The quantitative estimate of drug-likeness (QED) is 0.542. The van der Waals surface area contributed by atoms with Gasteiger partial charge in [-0.05, 0) is 24.3 Å². The van der Waals surface area contributed by atoms with Gasteiger partial charge in [0.2, 0.25) is 0 Å². The number of hydrogen-bond acceptors (Lipinski definition) is 4. The monoisotopic (exact) mass is 321 g/mol. The van der Waals surface area contributed by atoms with Crippen molar-refractivity contribution in [3.8, 4) is 0 Å². The number of hydrogen-bond donors (Lipinski definition) is 2. The van der Waals surface area contributed by atoms with Gasteiger partial charge in [0, 0.05) is 23.8 Å². The molecule has 0 bridgehead atoms. The number of rotatable bonds is 9. The van der Waals surface area contributed by atoms with E-state index in [0.717, 1.165) is 17.9 Å². The molecule has 0 fully saturated rings. The number of thioether (sulfide) groups is 2. The van der Waals surface area contributed by atoms with E-state index < -0.39 is 5.76 Å². The van der Waals surface area contributed by atoms with Crippen LogP contribution in [0.4, 0.5) is 8.78 Å². The van der Waals surface area contributed by atoms with E-state index >= 15 is 0 Å². The molecule has 0 aliphatic rings. The van der Waals surface area contributed by atoms with Crippen LogP contribution in [-0.4, -0.2) is 41.4 Å². The molecule has 0 radical (unpaired) electrons. The molecule has 0 heterocycles. The van der Waals surface area contributed by atoms with E-state index in [1.807, 2.05) is 0 Å². The third-order valence-electron chi connectivity index (χ3n) is 2.33. The van der Waals surface area contributed by atoms with Crippen molar-refractivity contribution < 1.29 is 18.7 Å². The van der Waals surface area contributed by atoms with E-state index in [1.165, 1.54) is 6.07 Å². The van der Waals surface area contributed by atoms with E-state index in [0.29, 0.717) is 18.3 Å². The molecule has 2 N–H and O–H groups in total. The zero-order chi connectivity index (χ0) is 14.8. The van der Waals surface area contributed by atoms with Gasteiger partial charge in [0.05, 0.1) is 5.56 Å². The summed E-state index contributed by atoms with van der Waals surface area (Å²) in [5, 5.41) is 11.3. The molecule has 1 aromatic carbocycles. The van der Waals surface area contributed by atoms with Gasteiger partial charge >= 0.3 is 0 Å². The second-order valence-electron chi connectivity index (χ2n) is 3.82. The molecule has 0 saturated heterocycles.